The maximum Gasteiger partial charge on any atom is 0.168 e. The van der Waals surface area contributed by atoms with Crippen LogP contribution in [0.1, 0.15) is 15.9 Å². The summed E-state index contributed by atoms with van der Waals surface area (Å²) in [5.41, 5.74) is 1.80. The molecule has 0 atom stereocenters. The molecule has 0 N–H and O–H groups in total. The van der Waals surface area contributed by atoms with Crippen LogP contribution in [0.4, 0.5) is 0 Å². The van der Waals surface area contributed by atoms with E-state index in [4.69, 9.17) is 0 Å². The van der Waals surface area contributed by atoms with Crippen molar-refractivity contribution in [3.05, 3.63) is 66.1 Å². The standard InChI is InChI=1S/C14H9Br2IO/c15-10-3-1-9(2-4-10)7-14(18)12-8-11(16)5-6-13(12)17/h1-6,8H,7H2. The Morgan fingerprint density at radius 3 is 2.28 bits per heavy atom. The Hall–Kier alpha value is -0.200. The first-order chi connectivity index (χ1) is 8.56. The van der Waals surface area contributed by atoms with E-state index < -0.39 is 0 Å². The third kappa shape index (κ3) is 3.65. The van der Waals surface area contributed by atoms with Gasteiger partial charge in [-0.3, -0.25) is 4.79 Å². The van der Waals surface area contributed by atoms with E-state index in [9.17, 15) is 4.79 Å². The van der Waals surface area contributed by atoms with E-state index in [1.54, 1.807) is 0 Å². The molecule has 2 rings (SSSR count). The second-order valence-electron chi connectivity index (χ2n) is 3.85. The zero-order valence-corrected chi connectivity index (χ0v) is 14.6. The highest BCUT2D eigenvalue weighted by Crippen LogP contribution is 2.20. The number of carbonyl (C=O) groups excluding carboxylic acids is 1. The number of ketones is 1. The summed E-state index contributed by atoms with van der Waals surface area (Å²) in [6.45, 7) is 0. The first-order valence-corrected chi connectivity index (χ1v) is 7.95. The van der Waals surface area contributed by atoms with Crippen molar-refractivity contribution in [1.82, 2.24) is 0 Å². The van der Waals surface area contributed by atoms with E-state index in [0.29, 0.717) is 6.42 Å². The molecule has 92 valence electrons. The second kappa shape index (κ2) is 6.30. The average Bonchev–Trinajstić information content (AvgIpc) is 2.35. The fourth-order valence-electron chi connectivity index (χ4n) is 1.59. The van der Waals surface area contributed by atoms with Crippen molar-refractivity contribution < 1.29 is 4.79 Å². The van der Waals surface area contributed by atoms with Crippen LogP contribution in [0, 0.1) is 3.57 Å². The van der Waals surface area contributed by atoms with Gasteiger partial charge >= 0.3 is 0 Å². The normalized spacial score (nSPS) is 10.4. The SMILES string of the molecule is O=C(Cc1ccc(Br)cc1)c1cc(Br)ccc1I. The predicted molar refractivity (Wildman–Crippen MR) is 89.0 cm³/mol. The zero-order chi connectivity index (χ0) is 13.1. The molecule has 0 unspecified atom stereocenters. The monoisotopic (exact) mass is 478 g/mol. The number of Topliss-reactive ketones (excluding diaryl/α,β-unsaturated/α-hetero) is 1. The molecular weight excluding hydrogens is 471 g/mol. The highest BCUT2D eigenvalue weighted by molar-refractivity contribution is 14.1. The molecule has 4 heteroatoms. The van der Waals surface area contributed by atoms with Crippen LogP contribution >= 0.6 is 54.5 Å². The Bertz CT molecular complexity index is 579. The molecule has 0 aliphatic carbocycles. The molecule has 0 saturated heterocycles. The summed E-state index contributed by atoms with van der Waals surface area (Å²) in [5, 5.41) is 0. The van der Waals surface area contributed by atoms with Crippen LogP contribution in [0.5, 0.6) is 0 Å². The van der Waals surface area contributed by atoms with Crippen LogP contribution in [0.2, 0.25) is 0 Å². The molecule has 0 amide bonds. The van der Waals surface area contributed by atoms with Gasteiger partial charge in [-0.2, -0.15) is 0 Å². The van der Waals surface area contributed by atoms with Gasteiger partial charge in [0.2, 0.25) is 0 Å². The molecule has 18 heavy (non-hydrogen) atoms. The molecular formula is C14H9Br2IO. The summed E-state index contributed by atoms with van der Waals surface area (Å²) in [6, 6.07) is 13.6. The van der Waals surface area contributed by atoms with Crippen LogP contribution in [0.3, 0.4) is 0 Å². The maximum atomic E-state index is 12.2. The Balaban J connectivity index is 2.21. The van der Waals surface area contributed by atoms with Gasteiger partial charge in [0, 0.05) is 24.5 Å². The number of carbonyl (C=O) groups is 1. The van der Waals surface area contributed by atoms with E-state index in [1.807, 2.05) is 42.5 Å². The van der Waals surface area contributed by atoms with Gasteiger partial charge in [-0.15, -0.1) is 0 Å². The van der Waals surface area contributed by atoms with Gasteiger partial charge in [0.1, 0.15) is 0 Å². The van der Waals surface area contributed by atoms with E-state index in [0.717, 1.165) is 23.6 Å². The Kier molecular flexibility index (Phi) is 4.98. The molecule has 0 aromatic heterocycles. The number of rotatable bonds is 3. The highest BCUT2D eigenvalue weighted by Gasteiger charge is 2.11. The van der Waals surface area contributed by atoms with Crippen LogP contribution < -0.4 is 0 Å². The van der Waals surface area contributed by atoms with E-state index in [1.165, 1.54) is 0 Å². The van der Waals surface area contributed by atoms with E-state index in [-0.39, 0.29) is 5.78 Å². The summed E-state index contributed by atoms with van der Waals surface area (Å²) in [7, 11) is 0. The molecule has 1 nitrogen and oxygen atoms in total. The minimum atomic E-state index is 0.142. The zero-order valence-electron chi connectivity index (χ0n) is 9.29. The van der Waals surface area contributed by atoms with Crippen molar-refractivity contribution in [1.29, 1.82) is 0 Å². The molecule has 2 aromatic rings. The molecule has 0 fully saturated rings. The summed E-state index contributed by atoms with van der Waals surface area (Å²) in [5.74, 6) is 0.142. The molecule has 2 aromatic carbocycles. The van der Waals surface area contributed by atoms with Crippen molar-refractivity contribution in [2.24, 2.45) is 0 Å². The number of halogens is 3. The van der Waals surface area contributed by atoms with Gasteiger partial charge in [-0.1, -0.05) is 44.0 Å². The quantitative estimate of drug-likeness (QED) is 0.434. The topological polar surface area (TPSA) is 17.1 Å². The third-order valence-corrected chi connectivity index (χ3v) is 4.47. The molecule has 0 aliphatic heterocycles. The minimum Gasteiger partial charge on any atom is -0.294 e. The first kappa shape index (κ1) is 14.2. The Labute approximate surface area is 136 Å². The average molecular weight is 480 g/mol. The highest BCUT2D eigenvalue weighted by atomic mass is 127. The molecule has 0 aliphatic rings. The van der Waals surface area contributed by atoms with Crippen molar-refractivity contribution in [2.75, 3.05) is 0 Å². The summed E-state index contributed by atoms with van der Waals surface area (Å²) < 4.78 is 2.94. The lowest BCUT2D eigenvalue weighted by Gasteiger charge is -2.05. The van der Waals surface area contributed by atoms with Gasteiger partial charge in [-0.05, 0) is 58.5 Å². The Morgan fingerprint density at radius 2 is 1.61 bits per heavy atom. The summed E-state index contributed by atoms with van der Waals surface area (Å²) in [4.78, 5) is 12.2. The van der Waals surface area contributed by atoms with Crippen molar-refractivity contribution in [3.8, 4) is 0 Å². The lowest BCUT2D eigenvalue weighted by Crippen LogP contribution is -2.05. The van der Waals surface area contributed by atoms with Gasteiger partial charge < -0.3 is 0 Å². The van der Waals surface area contributed by atoms with Crippen LogP contribution in [-0.4, -0.2) is 5.78 Å². The predicted octanol–water partition coefficient (Wildman–Crippen LogP) is 5.24. The lowest BCUT2D eigenvalue weighted by molar-refractivity contribution is 0.0992. The van der Waals surface area contributed by atoms with Crippen LogP contribution in [0.15, 0.2) is 51.4 Å². The third-order valence-electron chi connectivity index (χ3n) is 2.51. The molecule has 0 spiro atoms. The molecule has 0 heterocycles. The fourth-order valence-corrected chi connectivity index (χ4v) is 2.86. The van der Waals surface area contributed by atoms with Gasteiger partial charge in [0.05, 0.1) is 0 Å². The number of hydrogen-bond acceptors (Lipinski definition) is 1. The first-order valence-electron chi connectivity index (χ1n) is 5.29. The fraction of sp³-hybridized carbons (Fsp3) is 0.0714. The molecule has 0 bridgehead atoms. The van der Waals surface area contributed by atoms with Crippen molar-refractivity contribution in [3.63, 3.8) is 0 Å². The van der Waals surface area contributed by atoms with E-state index >= 15 is 0 Å². The van der Waals surface area contributed by atoms with Gasteiger partial charge in [-0.25, -0.2) is 0 Å². The smallest absolute Gasteiger partial charge is 0.168 e. The number of hydrogen-bond donors (Lipinski definition) is 0. The second-order valence-corrected chi connectivity index (χ2v) is 6.84. The molecule has 0 radical (unpaired) electrons. The largest absolute Gasteiger partial charge is 0.294 e. The summed E-state index contributed by atoms with van der Waals surface area (Å²) in [6.07, 6.45) is 0.430. The minimum absolute atomic E-state index is 0.142. The van der Waals surface area contributed by atoms with Gasteiger partial charge in [0.25, 0.3) is 0 Å². The van der Waals surface area contributed by atoms with Gasteiger partial charge in [0.15, 0.2) is 5.78 Å². The maximum absolute atomic E-state index is 12.2. The van der Waals surface area contributed by atoms with Crippen molar-refractivity contribution >= 4 is 60.2 Å². The molecule has 0 saturated carbocycles. The summed E-state index contributed by atoms with van der Waals surface area (Å²) >= 11 is 8.97. The van der Waals surface area contributed by atoms with E-state index in [2.05, 4.69) is 54.5 Å². The lowest BCUT2D eigenvalue weighted by atomic mass is 10.0. The van der Waals surface area contributed by atoms with Crippen LogP contribution in [0.25, 0.3) is 0 Å². The Morgan fingerprint density at radius 1 is 1.00 bits per heavy atom. The number of benzene rings is 2. The van der Waals surface area contributed by atoms with Crippen molar-refractivity contribution in [2.45, 2.75) is 6.42 Å². The van der Waals surface area contributed by atoms with Crippen LogP contribution in [-0.2, 0) is 6.42 Å².